The fourth-order valence-electron chi connectivity index (χ4n) is 9.48. The lowest BCUT2D eigenvalue weighted by molar-refractivity contribution is 1.08. The van der Waals surface area contributed by atoms with Crippen LogP contribution in [0.4, 0.5) is 0 Å². The summed E-state index contributed by atoms with van der Waals surface area (Å²) in [6.07, 6.45) is 0. The average molecular weight is 796 g/mol. The van der Waals surface area contributed by atoms with Crippen molar-refractivity contribution in [1.29, 1.82) is 0 Å². The molecule has 0 aliphatic carbocycles. The van der Waals surface area contributed by atoms with Gasteiger partial charge in [-0.1, -0.05) is 164 Å². The smallest absolute Gasteiger partial charge is 0.164 e. The standard InChI is InChI=1S/C55H33N5S/c1-3-16-35(17-4-1)53-56-54(36-18-5-2-6-19-36)58-55(57-53)44-24-14-28-48-50(44)43-32-31-42-41-30-29-37(59-46-25-11-9-22-39(46)40-23-10-12-26-47(40)59)33-49(41)61-52(42)51(43)60(48)45-27-13-20-34-15-7-8-21-38(34)45/h1-33H. The SMILES string of the molecule is c1ccc(-c2nc(-c3ccccc3)nc(-c3cccc4c3c3ccc5c6ccc(-n7c8ccccc8c8ccccc87)cc6sc5c3n4-c3cccc4ccccc34)n2)cc1. The summed E-state index contributed by atoms with van der Waals surface area (Å²) in [6.45, 7) is 0. The number of hydrogen-bond acceptors (Lipinski definition) is 4. The maximum atomic E-state index is 5.23. The van der Waals surface area contributed by atoms with E-state index in [4.69, 9.17) is 15.0 Å². The van der Waals surface area contributed by atoms with Crippen LogP contribution in [0.2, 0.25) is 0 Å². The van der Waals surface area contributed by atoms with Crippen LogP contribution in [0, 0.1) is 0 Å². The zero-order valence-corrected chi connectivity index (χ0v) is 33.5. The Balaban J connectivity index is 1.12. The van der Waals surface area contributed by atoms with E-state index >= 15 is 0 Å². The van der Waals surface area contributed by atoms with Crippen molar-refractivity contribution in [3.63, 3.8) is 0 Å². The van der Waals surface area contributed by atoms with Crippen LogP contribution in [0.1, 0.15) is 0 Å². The van der Waals surface area contributed by atoms with E-state index in [1.165, 1.54) is 58.3 Å². The van der Waals surface area contributed by atoms with Crippen molar-refractivity contribution in [3.8, 4) is 45.5 Å². The lowest BCUT2D eigenvalue weighted by atomic mass is 10.0. The van der Waals surface area contributed by atoms with Crippen LogP contribution in [0.5, 0.6) is 0 Å². The highest BCUT2D eigenvalue weighted by Gasteiger charge is 2.24. The molecule has 0 aliphatic heterocycles. The van der Waals surface area contributed by atoms with Gasteiger partial charge in [0.05, 0.1) is 32.5 Å². The topological polar surface area (TPSA) is 48.5 Å². The molecule has 0 aliphatic rings. The van der Waals surface area contributed by atoms with Gasteiger partial charge in [0, 0.05) is 64.8 Å². The van der Waals surface area contributed by atoms with Gasteiger partial charge < -0.3 is 9.13 Å². The summed E-state index contributed by atoms with van der Waals surface area (Å²) in [7, 11) is 0. The van der Waals surface area contributed by atoms with Crippen LogP contribution in [-0.2, 0) is 0 Å². The third kappa shape index (κ3) is 5.16. The minimum absolute atomic E-state index is 0.641. The highest BCUT2D eigenvalue weighted by molar-refractivity contribution is 7.26. The molecule has 0 radical (unpaired) electrons. The van der Waals surface area contributed by atoms with Crippen LogP contribution in [0.15, 0.2) is 200 Å². The summed E-state index contributed by atoms with van der Waals surface area (Å²) in [5.74, 6) is 1.93. The zero-order chi connectivity index (χ0) is 40.0. The molecule has 0 fully saturated rings. The Hall–Kier alpha value is -7.93. The van der Waals surface area contributed by atoms with Crippen molar-refractivity contribution in [2.75, 3.05) is 0 Å². The molecule has 0 unspecified atom stereocenters. The fourth-order valence-corrected chi connectivity index (χ4v) is 10.8. The van der Waals surface area contributed by atoms with E-state index in [1.807, 2.05) is 47.7 Å². The molecule has 13 aromatic rings. The minimum Gasteiger partial charge on any atom is -0.309 e. The van der Waals surface area contributed by atoms with Crippen molar-refractivity contribution in [2.45, 2.75) is 0 Å². The number of para-hydroxylation sites is 2. The van der Waals surface area contributed by atoms with Gasteiger partial charge in [-0.3, -0.25) is 0 Å². The van der Waals surface area contributed by atoms with Crippen LogP contribution in [0.3, 0.4) is 0 Å². The summed E-state index contributed by atoms with van der Waals surface area (Å²) < 4.78 is 7.38. The molecule has 4 heterocycles. The van der Waals surface area contributed by atoms with Crippen molar-refractivity contribution >= 4 is 85.9 Å². The summed E-state index contributed by atoms with van der Waals surface area (Å²) in [5, 5.41) is 9.67. The number of benzene rings is 9. The Kier molecular flexibility index (Phi) is 7.41. The summed E-state index contributed by atoms with van der Waals surface area (Å²) in [4.78, 5) is 15.5. The maximum Gasteiger partial charge on any atom is 0.164 e. The molecule has 13 rings (SSSR count). The second kappa shape index (κ2) is 13.3. The Labute approximate surface area is 354 Å². The second-order valence-corrected chi connectivity index (χ2v) is 16.6. The molecular weight excluding hydrogens is 763 g/mol. The van der Waals surface area contributed by atoms with E-state index in [2.05, 4.69) is 173 Å². The summed E-state index contributed by atoms with van der Waals surface area (Å²) in [6, 6.07) is 71.3. The molecule has 0 saturated carbocycles. The molecular formula is C55H33N5S. The molecule has 0 atom stereocenters. The van der Waals surface area contributed by atoms with E-state index in [-0.39, 0.29) is 0 Å². The van der Waals surface area contributed by atoms with Gasteiger partial charge in [0.1, 0.15) is 0 Å². The first kappa shape index (κ1) is 34.0. The molecule has 4 aromatic heterocycles. The van der Waals surface area contributed by atoms with E-state index < -0.39 is 0 Å². The Morgan fingerprint density at radius 2 is 0.934 bits per heavy atom. The van der Waals surface area contributed by atoms with E-state index in [0.717, 1.165) is 44.4 Å². The van der Waals surface area contributed by atoms with Gasteiger partial charge in [0.2, 0.25) is 0 Å². The van der Waals surface area contributed by atoms with E-state index in [0.29, 0.717) is 17.5 Å². The van der Waals surface area contributed by atoms with Gasteiger partial charge in [0.25, 0.3) is 0 Å². The molecule has 0 bridgehead atoms. The van der Waals surface area contributed by atoms with Crippen LogP contribution in [0.25, 0.3) is 120 Å². The first-order valence-corrected chi connectivity index (χ1v) is 21.3. The number of rotatable bonds is 5. The molecule has 5 nitrogen and oxygen atoms in total. The Morgan fingerprint density at radius 1 is 0.377 bits per heavy atom. The third-order valence-corrected chi connectivity index (χ3v) is 13.3. The molecule has 0 saturated heterocycles. The second-order valence-electron chi connectivity index (χ2n) is 15.6. The van der Waals surface area contributed by atoms with Crippen molar-refractivity contribution in [2.24, 2.45) is 0 Å². The van der Waals surface area contributed by atoms with Gasteiger partial charge in [-0.05, 0) is 41.8 Å². The number of fused-ring (bicyclic) bond motifs is 11. The molecule has 9 aromatic carbocycles. The average Bonchev–Trinajstić information content (AvgIpc) is 3.99. The summed E-state index contributed by atoms with van der Waals surface area (Å²) in [5.41, 5.74) is 9.84. The number of aromatic nitrogens is 5. The van der Waals surface area contributed by atoms with E-state index in [1.54, 1.807) is 0 Å². The fraction of sp³-hybridized carbons (Fsp3) is 0. The first-order chi connectivity index (χ1) is 30.3. The minimum atomic E-state index is 0.641. The lowest BCUT2D eigenvalue weighted by Gasteiger charge is -2.12. The maximum absolute atomic E-state index is 5.23. The van der Waals surface area contributed by atoms with Crippen molar-refractivity contribution in [1.82, 2.24) is 24.1 Å². The van der Waals surface area contributed by atoms with Crippen LogP contribution < -0.4 is 0 Å². The largest absolute Gasteiger partial charge is 0.309 e. The molecule has 0 spiro atoms. The van der Waals surface area contributed by atoms with Crippen LogP contribution >= 0.6 is 11.3 Å². The van der Waals surface area contributed by atoms with Gasteiger partial charge in [0.15, 0.2) is 17.5 Å². The Morgan fingerprint density at radius 3 is 1.66 bits per heavy atom. The van der Waals surface area contributed by atoms with Gasteiger partial charge in [-0.25, -0.2) is 15.0 Å². The van der Waals surface area contributed by atoms with Crippen molar-refractivity contribution in [3.05, 3.63) is 200 Å². The quantitative estimate of drug-likeness (QED) is 0.174. The van der Waals surface area contributed by atoms with Crippen molar-refractivity contribution < 1.29 is 0 Å². The highest BCUT2D eigenvalue weighted by Crippen LogP contribution is 2.47. The first-order valence-electron chi connectivity index (χ1n) is 20.5. The Bertz CT molecular complexity index is 3760. The predicted molar refractivity (Wildman–Crippen MR) is 255 cm³/mol. The molecule has 0 amide bonds. The molecule has 61 heavy (non-hydrogen) atoms. The van der Waals surface area contributed by atoms with Gasteiger partial charge >= 0.3 is 0 Å². The highest BCUT2D eigenvalue weighted by atomic mass is 32.1. The zero-order valence-electron chi connectivity index (χ0n) is 32.7. The number of thiophene rings is 1. The molecule has 0 N–H and O–H groups in total. The van der Waals surface area contributed by atoms with Gasteiger partial charge in [-0.2, -0.15) is 0 Å². The molecule has 284 valence electrons. The number of hydrogen-bond donors (Lipinski definition) is 0. The monoisotopic (exact) mass is 795 g/mol. The number of nitrogens with zero attached hydrogens (tertiary/aromatic N) is 5. The lowest BCUT2D eigenvalue weighted by Crippen LogP contribution is -2.00. The third-order valence-electron chi connectivity index (χ3n) is 12.2. The predicted octanol–water partition coefficient (Wildman–Crippen LogP) is 14.6. The van der Waals surface area contributed by atoms with E-state index in [9.17, 15) is 0 Å². The van der Waals surface area contributed by atoms with Crippen LogP contribution in [-0.4, -0.2) is 24.1 Å². The normalized spacial score (nSPS) is 11.9. The molecule has 6 heteroatoms. The van der Waals surface area contributed by atoms with Gasteiger partial charge in [-0.15, -0.1) is 11.3 Å². The summed E-state index contributed by atoms with van der Waals surface area (Å²) >= 11 is 1.87.